The fourth-order valence-electron chi connectivity index (χ4n) is 1.57. The van der Waals surface area contributed by atoms with Crippen molar-refractivity contribution in [2.75, 3.05) is 36.9 Å². The van der Waals surface area contributed by atoms with E-state index in [1.54, 1.807) is 6.07 Å². The third-order valence-electron chi connectivity index (χ3n) is 2.46. The van der Waals surface area contributed by atoms with Crippen LogP contribution >= 0.6 is 11.6 Å². The molecule has 0 heterocycles. The van der Waals surface area contributed by atoms with Crippen LogP contribution in [0.5, 0.6) is 0 Å². The van der Waals surface area contributed by atoms with Gasteiger partial charge in [0.2, 0.25) is 0 Å². The summed E-state index contributed by atoms with van der Waals surface area (Å²) in [6.07, 6.45) is 0. The minimum Gasteiger partial charge on any atom is -0.396 e. The van der Waals surface area contributed by atoms with Gasteiger partial charge >= 0.3 is 0 Å². The largest absolute Gasteiger partial charge is 0.396 e. The minimum atomic E-state index is 0.604. The smallest absolute Gasteiger partial charge is 0.0741 e. The Labute approximate surface area is 102 Å². The second-order valence-corrected chi connectivity index (χ2v) is 3.86. The predicted molar refractivity (Wildman–Crippen MR) is 70.2 cm³/mol. The zero-order valence-corrected chi connectivity index (χ0v) is 10.6. The van der Waals surface area contributed by atoms with Gasteiger partial charge in [-0.1, -0.05) is 17.7 Å². The van der Waals surface area contributed by atoms with Gasteiger partial charge in [0.15, 0.2) is 0 Å². The van der Waals surface area contributed by atoms with Crippen molar-refractivity contribution in [2.45, 2.75) is 13.8 Å². The molecular weight excluding hydrogens is 224 g/mol. The lowest BCUT2D eigenvalue weighted by atomic mass is 10.2. The summed E-state index contributed by atoms with van der Waals surface area (Å²) in [6.45, 7) is 7.24. The number of benzene rings is 1. The van der Waals surface area contributed by atoms with Crippen LogP contribution in [0.2, 0.25) is 5.02 Å². The van der Waals surface area contributed by atoms with Crippen LogP contribution in [0.3, 0.4) is 0 Å². The van der Waals surface area contributed by atoms with Gasteiger partial charge in [-0.25, -0.2) is 0 Å². The first-order chi connectivity index (χ1) is 7.70. The molecule has 0 unspecified atom stereocenters. The van der Waals surface area contributed by atoms with Crippen LogP contribution in [-0.2, 0) is 4.74 Å². The van der Waals surface area contributed by atoms with Crippen molar-refractivity contribution < 1.29 is 4.74 Å². The molecule has 2 N–H and O–H groups in total. The van der Waals surface area contributed by atoms with Gasteiger partial charge in [0.05, 0.1) is 23.0 Å². The van der Waals surface area contributed by atoms with E-state index in [1.165, 1.54) is 0 Å². The molecule has 3 nitrogen and oxygen atoms in total. The van der Waals surface area contributed by atoms with Gasteiger partial charge < -0.3 is 15.4 Å². The molecule has 4 heteroatoms. The molecule has 0 amide bonds. The Morgan fingerprint density at radius 1 is 1.38 bits per heavy atom. The van der Waals surface area contributed by atoms with Crippen LogP contribution in [-0.4, -0.2) is 26.3 Å². The summed E-state index contributed by atoms with van der Waals surface area (Å²) in [5, 5.41) is 0.604. The summed E-state index contributed by atoms with van der Waals surface area (Å²) < 4.78 is 5.34. The summed E-state index contributed by atoms with van der Waals surface area (Å²) in [4.78, 5) is 2.16. The van der Waals surface area contributed by atoms with Crippen LogP contribution in [0.1, 0.15) is 13.8 Å². The molecule has 0 aliphatic rings. The minimum absolute atomic E-state index is 0.604. The van der Waals surface area contributed by atoms with Gasteiger partial charge in [-0.15, -0.1) is 0 Å². The first-order valence-corrected chi connectivity index (χ1v) is 5.95. The van der Waals surface area contributed by atoms with E-state index >= 15 is 0 Å². The first kappa shape index (κ1) is 13.1. The zero-order chi connectivity index (χ0) is 12.0. The van der Waals surface area contributed by atoms with Gasteiger partial charge in [-0.05, 0) is 26.0 Å². The van der Waals surface area contributed by atoms with Gasteiger partial charge in [0, 0.05) is 19.7 Å². The van der Waals surface area contributed by atoms with Crippen LogP contribution in [0.25, 0.3) is 0 Å². The number of halogens is 1. The lowest BCUT2D eigenvalue weighted by Crippen LogP contribution is -2.27. The highest BCUT2D eigenvalue weighted by Crippen LogP contribution is 2.29. The standard InChI is InChI=1S/C12H19ClN2O/c1-3-15(8-9-16-4-2)11-7-5-6-10(13)12(11)14/h5-7H,3-4,8-9,14H2,1-2H3. The molecule has 0 bridgehead atoms. The molecule has 1 aromatic rings. The molecule has 0 aliphatic heterocycles. The molecule has 0 saturated carbocycles. The zero-order valence-electron chi connectivity index (χ0n) is 9.87. The maximum absolute atomic E-state index is 5.99. The fourth-order valence-corrected chi connectivity index (χ4v) is 1.74. The molecule has 1 aromatic carbocycles. The van der Waals surface area contributed by atoms with Crippen LogP contribution in [0.4, 0.5) is 11.4 Å². The molecule has 0 aromatic heterocycles. The van der Waals surface area contributed by atoms with E-state index in [1.807, 2.05) is 19.1 Å². The summed E-state index contributed by atoms with van der Waals surface area (Å²) >= 11 is 5.99. The van der Waals surface area contributed by atoms with Gasteiger partial charge in [0.25, 0.3) is 0 Å². The van der Waals surface area contributed by atoms with Crippen LogP contribution in [0.15, 0.2) is 18.2 Å². The van der Waals surface area contributed by atoms with Gasteiger partial charge in [0.1, 0.15) is 0 Å². The highest BCUT2D eigenvalue weighted by molar-refractivity contribution is 6.33. The average molecular weight is 243 g/mol. The van der Waals surface area contributed by atoms with Crippen LogP contribution < -0.4 is 10.6 Å². The Balaban J connectivity index is 2.74. The molecule has 0 radical (unpaired) electrons. The van der Waals surface area contributed by atoms with E-state index in [0.717, 1.165) is 25.4 Å². The quantitative estimate of drug-likeness (QED) is 0.616. The van der Waals surface area contributed by atoms with E-state index < -0.39 is 0 Å². The summed E-state index contributed by atoms with van der Waals surface area (Å²) in [5.74, 6) is 0. The lowest BCUT2D eigenvalue weighted by Gasteiger charge is -2.24. The number of nitrogen functional groups attached to an aromatic ring is 1. The van der Waals surface area contributed by atoms with E-state index in [-0.39, 0.29) is 0 Å². The Morgan fingerprint density at radius 2 is 2.12 bits per heavy atom. The number of nitrogens with two attached hydrogens (primary N) is 1. The number of hydrogen-bond acceptors (Lipinski definition) is 3. The van der Waals surface area contributed by atoms with Crippen molar-refractivity contribution in [3.8, 4) is 0 Å². The number of para-hydroxylation sites is 1. The third kappa shape index (κ3) is 3.29. The number of hydrogen-bond donors (Lipinski definition) is 1. The highest BCUT2D eigenvalue weighted by atomic mass is 35.5. The molecular formula is C12H19ClN2O. The summed E-state index contributed by atoms with van der Waals surface area (Å²) in [5.41, 5.74) is 7.57. The van der Waals surface area contributed by atoms with Crippen molar-refractivity contribution in [1.29, 1.82) is 0 Å². The van der Waals surface area contributed by atoms with Gasteiger partial charge in [-0.3, -0.25) is 0 Å². The molecule has 1 rings (SSSR count). The predicted octanol–water partition coefficient (Wildman–Crippen LogP) is 2.79. The van der Waals surface area contributed by atoms with E-state index in [2.05, 4.69) is 11.8 Å². The molecule has 0 spiro atoms. The highest BCUT2D eigenvalue weighted by Gasteiger charge is 2.09. The van der Waals surface area contributed by atoms with E-state index in [4.69, 9.17) is 22.1 Å². The third-order valence-corrected chi connectivity index (χ3v) is 2.79. The second-order valence-electron chi connectivity index (χ2n) is 3.45. The number of nitrogens with zero attached hydrogens (tertiary/aromatic N) is 1. The molecule has 0 saturated heterocycles. The molecule has 0 fully saturated rings. The molecule has 0 aliphatic carbocycles. The number of rotatable bonds is 6. The number of likely N-dealkylation sites (N-methyl/N-ethyl adjacent to an activating group) is 1. The van der Waals surface area contributed by atoms with Gasteiger partial charge in [-0.2, -0.15) is 0 Å². The summed E-state index contributed by atoms with van der Waals surface area (Å²) in [6, 6.07) is 5.70. The van der Waals surface area contributed by atoms with Crippen molar-refractivity contribution in [3.63, 3.8) is 0 Å². The maximum Gasteiger partial charge on any atom is 0.0741 e. The average Bonchev–Trinajstić information content (AvgIpc) is 2.29. The van der Waals surface area contributed by atoms with Crippen molar-refractivity contribution in [2.24, 2.45) is 0 Å². The molecule has 0 atom stereocenters. The monoisotopic (exact) mass is 242 g/mol. The molecule has 16 heavy (non-hydrogen) atoms. The molecule has 90 valence electrons. The lowest BCUT2D eigenvalue weighted by molar-refractivity contribution is 0.154. The Kier molecular flexibility index (Phi) is 5.43. The summed E-state index contributed by atoms with van der Waals surface area (Å²) in [7, 11) is 0. The Hall–Kier alpha value is -0.930. The van der Waals surface area contributed by atoms with E-state index in [0.29, 0.717) is 17.3 Å². The van der Waals surface area contributed by atoms with Crippen molar-refractivity contribution in [1.82, 2.24) is 0 Å². The normalized spacial score (nSPS) is 10.4. The SMILES string of the molecule is CCOCCN(CC)c1cccc(Cl)c1N. The van der Waals surface area contributed by atoms with Crippen molar-refractivity contribution in [3.05, 3.63) is 23.2 Å². The first-order valence-electron chi connectivity index (χ1n) is 5.57. The fraction of sp³-hybridized carbons (Fsp3) is 0.500. The topological polar surface area (TPSA) is 38.5 Å². The Bertz CT molecular complexity index is 331. The second kappa shape index (κ2) is 6.61. The van der Waals surface area contributed by atoms with E-state index in [9.17, 15) is 0 Å². The number of ether oxygens (including phenoxy) is 1. The van der Waals surface area contributed by atoms with Crippen molar-refractivity contribution >= 4 is 23.0 Å². The maximum atomic E-state index is 5.99. The van der Waals surface area contributed by atoms with Crippen LogP contribution in [0, 0.1) is 0 Å². The number of anilines is 2. The Morgan fingerprint density at radius 3 is 2.75 bits per heavy atom.